The van der Waals surface area contributed by atoms with Crippen LogP contribution >= 0.6 is 12.2 Å². The Morgan fingerprint density at radius 1 is 1.47 bits per heavy atom. The minimum Gasteiger partial charge on any atom is -0.389 e. The number of hydrogen-bond donors (Lipinski definition) is 3. The molecule has 0 radical (unpaired) electrons. The fourth-order valence-corrected chi connectivity index (χ4v) is 2.62. The van der Waals surface area contributed by atoms with E-state index >= 15 is 0 Å². The first-order valence-corrected chi connectivity index (χ1v) is 7.26. The van der Waals surface area contributed by atoms with Crippen LogP contribution in [0, 0.1) is 0 Å². The predicted octanol–water partition coefficient (Wildman–Crippen LogP) is 0.522. The van der Waals surface area contributed by atoms with Crippen LogP contribution in [0.1, 0.15) is 11.4 Å². The van der Waals surface area contributed by atoms with E-state index in [1.54, 1.807) is 24.5 Å². The van der Waals surface area contributed by atoms with Crippen molar-refractivity contribution in [2.45, 2.75) is 11.4 Å². The Kier molecular flexibility index (Phi) is 3.93. The molecule has 1 heterocycles. The molecule has 6 nitrogen and oxygen atoms in total. The summed E-state index contributed by atoms with van der Waals surface area (Å²) >= 11 is 4.82. The van der Waals surface area contributed by atoms with Gasteiger partial charge in [0.2, 0.25) is 10.0 Å². The minimum atomic E-state index is -3.62. The fraction of sp³-hybridized carbons (Fsp3) is 0.0909. The molecular formula is C11H12N4O2S2. The second-order valence-electron chi connectivity index (χ2n) is 3.75. The van der Waals surface area contributed by atoms with Gasteiger partial charge in [-0.05, 0) is 12.1 Å². The lowest BCUT2D eigenvalue weighted by Crippen LogP contribution is -2.24. The molecule has 1 aromatic heterocycles. The average Bonchev–Trinajstić information content (AvgIpc) is 2.90. The van der Waals surface area contributed by atoms with E-state index in [0.29, 0.717) is 11.4 Å². The van der Waals surface area contributed by atoms with E-state index in [-0.39, 0.29) is 16.4 Å². The van der Waals surface area contributed by atoms with Crippen LogP contribution in [-0.4, -0.2) is 23.4 Å². The van der Waals surface area contributed by atoms with Crippen molar-refractivity contribution in [2.75, 3.05) is 0 Å². The number of nitrogens with zero attached hydrogens (tertiary/aromatic N) is 1. The highest BCUT2D eigenvalue weighted by Crippen LogP contribution is 2.11. The van der Waals surface area contributed by atoms with Crippen LogP contribution in [0.2, 0.25) is 0 Å². The van der Waals surface area contributed by atoms with Gasteiger partial charge in [-0.25, -0.2) is 18.1 Å². The highest BCUT2D eigenvalue weighted by atomic mass is 32.2. The first-order chi connectivity index (χ1) is 8.99. The lowest BCUT2D eigenvalue weighted by Gasteiger charge is -2.06. The summed E-state index contributed by atoms with van der Waals surface area (Å²) in [6.07, 6.45) is 3.17. The van der Waals surface area contributed by atoms with Gasteiger partial charge in [0, 0.05) is 18.0 Å². The number of rotatable bonds is 5. The van der Waals surface area contributed by atoms with Crippen molar-refractivity contribution >= 4 is 27.2 Å². The van der Waals surface area contributed by atoms with E-state index in [2.05, 4.69) is 14.7 Å². The number of aromatic nitrogens is 2. The van der Waals surface area contributed by atoms with Crippen LogP contribution in [-0.2, 0) is 16.6 Å². The predicted molar refractivity (Wildman–Crippen MR) is 74.9 cm³/mol. The molecule has 0 aliphatic carbocycles. The van der Waals surface area contributed by atoms with Crippen molar-refractivity contribution in [1.82, 2.24) is 14.7 Å². The SMILES string of the molecule is NC(=S)c1cccc(S(=O)(=O)NCc2ncc[nH]2)c1. The zero-order chi connectivity index (χ0) is 13.9. The van der Waals surface area contributed by atoms with Crippen molar-refractivity contribution in [3.05, 3.63) is 48.0 Å². The maximum Gasteiger partial charge on any atom is 0.240 e. The van der Waals surface area contributed by atoms with E-state index in [1.807, 2.05) is 0 Å². The average molecular weight is 296 g/mol. The minimum absolute atomic E-state index is 0.0899. The van der Waals surface area contributed by atoms with Gasteiger partial charge < -0.3 is 10.7 Å². The number of nitrogens with two attached hydrogens (primary N) is 1. The summed E-state index contributed by atoms with van der Waals surface area (Å²) in [7, 11) is -3.62. The molecule has 0 amide bonds. The molecule has 0 atom stereocenters. The van der Waals surface area contributed by atoms with Crippen molar-refractivity contribution in [3.8, 4) is 0 Å². The van der Waals surface area contributed by atoms with Crippen LogP contribution in [0.5, 0.6) is 0 Å². The monoisotopic (exact) mass is 296 g/mol. The van der Waals surface area contributed by atoms with Crippen molar-refractivity contribution in [3.63, 3.8) is 0 Å². The Hall–Kier alpha value is -1.77. The molecule has 4 N–H and O–H groups in total. The topological polar surface area (TPSA) is 101 Å². The molecule has 1 aromatic carbocycles. The van der Waals surface area contributed by atoms with Gasteiger partial charge in [-0.1, -0.05) is 24.4 Å². The van der Waals surface area contributed by atoms with E-state index in [4.69, 9.17) is 18.0 Å². The highest BCUT2D eigenvalue weighted by molar-refractivity contribution is 7.89. The zero-order valence-corrected chi connectivity index (χ0v) is 11.5. The van der Waals surface area contributed by atoms with Crippen LogP contribution in [0.3, 0.4) is 0 Å². The zero-order valence-electron chi connectivity index (χ0n) is 9.83. The Bertz CT molecular complexity index is 680. The molecule has 0 saturated carbocycles. The van der Waals surface area contributed by atoms with Crippen molar-refractivity contribution < 1.29 is 8.42 Å². The third-order valence-electron chi connectivity index (χ3n) is 2.41. The van der Waals surface area contributed by atoms with Gasteiger partial charge in [0.15, 0.2) is 0 Å². The van der Waals surface area contributed by atoms with Gasteiger partial charge in [0.05, 0.1) is 11.4 Å². The van der Waals surface area contributed by atoms with E-state index in [1.165, 1.54) is 12.1 Å². The smallest absolute Gasteiger partial charge is 0.240 e. The number of thiocarbonyl (C=S) groups is 1. The summed E-state index contributed by atoms with van der Waals surface area (Å²) < 4.78 is 26.6. The van der Waals surface area contributed by atoms with E-state index < -0.39 is 10.0 Å². The molecule has 2 aromatic rings. The Balaban J connectivity index is 2.19. The number of imidazole rings is 1. The van der Waals surface area contributed by atoms with Gasteiger partial charge >= 0.3 is 0 Å². The van der Waals surface area contributed by atoms with Gasteiger partial charge in [-0.3, -0.25) is 0 Å². The first-order valence-electron chi connectivity index (χ1n) is 5.37. The number of H-pyrrole nitrogens is 1. The van der Waals surface area contributed by atoms with Crippen LogP contribution in [0.15, 0.2) is 41.6 Å². The van der Waals surface area contributed by atoms with Crippen molar-refractivity contribution in [1.29, 1.82) is 0 Å². The third kappa shape index (κ3) is 3.37. The second-order valence-corrected chi connectivity index (χ2v) is 5.96. The van der Waals surface area contributed by atoms with Gasteiger partial charge in [-0.2, -0.15) is 0 Å². The van der Waals surface area contributed by atoms with Crippen LogP contribution in [0.25, 0.3) is 0 Å². The third-order valence-corrected chi connectivity index (χ3v) is 4.05. The first kappa shape index (κ1) is 13.7. The normalized spacial score (nSPS) is 11.4. The molecule has 0 unspecified atom stereocenters. The number of aromatic amines is 1. The van der Waals surface area contributed by atoms with Gasteiger partial charge in [0.1, 0.15) is 10.8 Å². The molecule has 0 aliphatic heterocycles. The maximum absolute atomic E-state index is 12.1. The molecule has 0 spiro atoms. The summed E-state index contributed by atoms with van der Waals surface area (Å²) in [6, 6.07) is 6.17. The summed E-state index contributed by atoms with van der Waals surface area (Å²) in [4.78, 5) is 7.02. The molecule has 19 heavy (non-hydrogen) atoms. The Labute approximate surface area is 116 Å². The van der Waals surface area contributed by atoms with Gasteiger partial charge in [-0.15, -0.1) is 0 Å². The molecule has 8 heteroatoms. The molecule has 0 fully saturated rings. The van der Waals surface area contributed by atoms with E-state index in [0.717, 1.165) is 0 Å². The molecule has 0 bridgehead atoms. The van der Waals surface area contributed by atoms with E-state index in [9.17, 15) is 8.42 Å². The fourth-order valence-electron chi connectivity index (χ4n) is 1.46. The molecule has 2 rings (SSSR count). The van der Waals surface area contributed by atoms with Crippen LogP contribution in [0.4, 0.5) is 0 Å². The summed E-state index contributed by atoms with van der Waals surface area (Å²) in [5.41, 5.74) is 5.99. The lowest BCUT2D eigenvalue weighted by atomic mass is 10.2. The maximum atomic E-state index is 12.1. The lowest BCUT2D eigenvalue weighted by molar-refractivity contribution is 0.579. The summed E-state index contributed by atoms with van der Waals surface area (Å²) in [5, 5.41) is 0. The highest BCUT2D eigenvalue weighted by Gasteiger charge is 2.15. The van der Waals surface area contributed by atoms with Gasteiger partial charge in [0.25, 0.3) is 0 Å². The van der Waals surface area contributed by atoms with Crippen LogP contribution < -0.4 is 10.5 Å². The molecule has 100 valence electrons. The number of benzene rings is 1. The summed E-state index contributed by atoms with van der Waals surface area (Å²) in [5.74, 6) is 0.536. The Morgan fingerprint density at radius 3 is 2.89 bits per heavy atom. The Morgan fingerprint density at radius 2 is 2.26 bits per heavy atom. The standard InChI is InChI=1S/C11H12N4O2S2/c12-11(18)8-2-1-3-9(6-8)19(16,17)15-7-10-13-4-5-14-10/h1-6,15H,7H2,(H2,12,18)(H,13,14). The molecule has 0 saturated heterocycles. The number of hydrogen-bond acceptors (Lipinski definition) is 4. The quantitative estimate of drug-likeness (QED) is 0.698. The number of nitrogens with one attached hydrogen (secondary N) is 2. The number of sulfonamides is 1. The van der Waals surface area contributed by atoms with Crippen molar-refractivity contribution in [2.24, 2.45) is 5.73 Å². The summed E-state index contributed by atoms with van der Waals surface area (Å²) in [6.45, 7) is 0.0899. The second kappa shape index (κ2) is 5.47. The molecular weight excluding hydrogens is 284 g/mol. The largest absolute Gasteiger partial charge is 0.389 e. The molecule has 0 aliphatic rings.